The van der Waals surface area contributed by atoms with Crippen LogP contribution < -0.4 is 10.6 Å². The van der Waals surface area contributed by atoms with E-state index >= 15 is 0 Å². The molecular formula is C22H26ClN7. The Labute approximate surface area is 180 Å². The van der Waals surface area contributed by atoms with Gasteiger partial charge in [0.15, 0.2) is 11.5 Å². The Kier molecular flexibility index (Phi) is 4.67. The zero-order valence-electron chi connectivity index (χ0n) is 17.5. The van der Waals surface area contributed by atoms with E-state index in [-0.39, 0.29) is 6.04 Å². The number of nitrogens with two attached hydrogens (primary N) is 1. The SMILES string of the molecule is Cc1nc2c(-c3ccc4nn(C)cc4c3Cl)c[nH]c2nc1N(C)[C@@H]1CCC[C@H](N)C1. The highest BCUT2D eigenvalue weighted by molar-refractivity contribution is 6.38. The number of halogens is 1. The average molecular weight is 424 g/mol. The van der Waals surface area contributed by atoms with Crippen molar-refractivity contribution in [3.8, 4) is 11.1 Å². The van der Waals surface area contributed by atoms with E-state index in [0.29, 0.717) is 11.1 Å². The molecule has 0 unspecified atom stereocenters. The van der Waals surface area contributed by atoms with Crippen molar-refractivity contribution in [2.45, 2.75) is 44.7 Å². The number of H-pyrrole nitrogens is 1. The zero-order valence-corrected chi connectivity index (χ0v) is 18.2. The van der Waals surface area contributed by atoms with Gasteiger partial charge in [-0.3, -0.25) is 4.68 Å². The molecule has 8 heteroatoms. The predicted octanol–water partition coefficient (Wildman–Crippen LogP) is 4.18. The molecule has 3 heterocycles. The summed E-state index contributed by atoms with van der Waals surface area (Å²) < 4.78 is 1.78. The van der Waals surface area contributed by atoms with Gasteiger partial charge in [-0.15, -0.1) is 0 Å². The number of anilines is 1. The molecule has 0 saturated heterocycles. The highest BCUT2D eigenvalue weighted by Gasteiger charge is 2.26. The third-order valence-electron chi connectivity index (χ3n) is 6.25. The molecule has 1 aliphatic rings. The summed E-state index contributed by atoms with van der Waals surface area (Å²) in [6, 6.07) is 4.66. The Balaban J connectivity index is 1.57. The summed E-state index contributed by atoms with van der Waals surface area (Å²) in [7, 11) is 4.00. The number of nitrogens with one attached hydrogen (secondary N) is 1. The van der Waals surface area contributed by atoms with Gasteiger partial charge < -0.3 is 15.6 Å². The third-order valence-corrected chi connectivity index (χ3v) is 6.66. The minimum absolute atomic E-state index is 0.268. The normalized spacial score (nSPS) is 19.6. The van der Waals surface area contributed by atoms with Crippen LogP contribution in [0.1, 0.15) is 31.4 Å². The lowest BCUT2D eigenvalue weighted by Crippen LogP contribution is -2.41. The maximum atomic E-state index is 6.75. The summed E-state index contributed by atoms with van der Waals surface area (Å²) >= 11 is 6.75. The standard InChI is InChI=1S/C22H26ClN7/c1-12-22(30(3)14-6-4-5-13(24)9-14)27-21-20(26-12)16(10-25-21)15-7-8-18-17(19(15)23)11-29(2)28-18/h7-8,10-11,13-14H,4-6,9,24H2,1-3H3,(H,25,27)/t13-,14+/m0/s1. The Bertz CT molecular complexity index is 1240. The number of aromatic amines is 1. The molecule has 0 bridgehead atoms. The summed E-state index contributed by atoms with van der Waals surface area (Å²) in [5, 5.41) is 6.05. The Morgan fingerprint density at radius 1 is 1.23 bits per heavy atom. The van der Waals surface area contributed by atoms with Gasteiger partial charge in [-0.2, -0.15) is 5.10 Å². The van der Waals surface area contributed by atoms with Gasteiger partial charge in [-0.25, -0.2) is 9.97 Å². The van der Waals surface area contributed by atoms with Crippen molar-refractivity contribution < 1.29 is 0 Å². The molecule has 0 aliphatic heterocycles. The van der Waals surface area contributed by atoms with Crippen LogP contribution in [0, 0.1) is 6.92 Å². The molecule has 1 saturated carbocycles. The monoisotopic (exact) mass is 423 g/mol. The first-order valence-corrected chi connectivity index (χ1v) is 10.8. The fraction of sp³-hybridized carbons (Fsp3) is 0.409. The molecule has 1 fully saturated rings. The summed E-state index contributed by atoms with van der Waals surface area (Å²) in [5.74, 6) is 0.906. The molecule has 1 aliphatic carbocycles. The number of nitrogens with zero attached hydrogens (tertiary/aromatic N) is 5. The first kappa shape index (κ1) is 19.3. The van der Waals surface area contributed by atoms with Crippen LogP contribution in [-0.2, 0) is 7.05 Å². The smallest absolute Gasteiger partial charge is 0.159 e. The van der Waals surface area contributed by atoms with Crippen molar-refractivity contribution >= 4 is 39.5 Å². The quantitative estimate of drug-likeness (QED) is 0.516. The molecule has 30 heavy (non-hydrogen) atoms. The zero-order chi connectivity index (χ0) is 21.0. The number of aryl methyl sites for hydroxylation is 2. The minimum Gasteiger partial charge on any atom is -0.355 e. The van der Waals surface area contributed by atoms with Gasteiger partial charge in [0.05, 0.1) is 16.2 Å². The van der Waals surface area contributed by atoms with E-state index in [0.717, 1.165) is 70.4 Å². The molecule has 0 radical (unpaired) electrons. The van der Waals surface area contributed by atoms with Crippen molar-refractivity contribution in [2.75, 3.05) is 11.9 Å². The van der Waals surface area contributed by atoms with E-state index in [1.807, 2.05) is 38.5 Å². The second-order valence-electron chi connectivity index (χ2n) is 8.39. The topological polar surface area (TPSA) is 88.7 Å². The molecule has 156 valence electrons. The highest BCUT2D eigenvalue weighted by atomic mass is 35.5. The molecule has 3 N–H and O–H groups in total. The van der Waals surface area contributed by atoms with E-state index in [9.17, 15) is 0 Å². The number of rotatable bonds is 3. The minimum atomic E-state index is 0.268. The van der Waals surface area contributed by atoms with Gasteiger partial charge in [0.25, 0.3) is 0 Å². The van der Waals surface area contributed by atoms with Crippen molar-refractivity contribution in [2.24, 2.45) is 12.8 Å². The fourth-order valence-electron chi connectivity index (χ4n) is 4.66. The molecule has 4 aromatic rings. The first-order chi connectivity index (χ1) is 14.4. The van der Waals surface area contributed by atoms with Crippen LogP contribution in [0.5, 0.6) is 0 Å². The maximum Gasteiger partial charge on any atom is 0.159 e. The van der Waals surface area contributed by atoms with E-state index in [1.54, 1.807) is 4.68 Å². The summed E-state index contributed by atoms with van der Waals surface area (Å²) in [5.41, 5.74) is 11.5. The van der Waals surface area contributed by atoms with E-state index in [1.165, 1.54) is 0 Å². The lowest BCUT2D eigenvalue weighted by molar-refractivity contribution is 0.381. The maximum absolute atomic E-state index is 6.75. The lowest BCUT2D eigenvalue weighted by Gasteiger charge is -2.35. The van der Waals surface area contributed by atoms with Gasteiger partial charge in [0.2, 0.25) is 0 Å². The number of hydrogen-bond acceptors (Lipinski definition) is 5. The highest BCUT2D eigenvalue weighted by Crippen LogP contribution is 2.37. The van der Waals surface area contributed by atoms with Crippen molar-refractivity contribution in [1.29, 1.82) is 0 Å². The van der Waals surface area contributed by atoms with Crippen molar-refractivity contribution in [3.63, 3.8) is 0 Å². The van der Waals surface area contributed by atoms with Crippen LogP contribution in [0.25, 0.3) is 33.2 Å². The van der Waals surface area contributed by atoms with Crippen molar-refractivity contribution in [1.82, 2.24) is 24.7 Å². The lowest BCUT2D eigenvalue weighted by atomic mass is 9.91. The number of aromatic nitrogens is 5. The molecule has 3 aromatic heterocycles. The third kappa shape index (κ3) is 3.13. The number of benzene rings is 1. The Morgan fingerprint density at radius 2 is 2.07 bits per heavy atom. The first-order valence-electron chi connectivity index (χ1n) is 10.4. The summed E-state index contributed by atoms with van der Waals surface area (Å²) in [6.07, 6.45) is 8.28. The largest absolute Gasteiger partial charge is 0.355 e. The van der Waals surface area contributed by atoms with Crippen LogP contribution in [0.3, 0.4) is 0 Å². The molecule has 2 atom stereocenters. The predicted molar refractivity (Wildman–Crippen MR) is 122 cm³/mol. The molecule has 0 amide bonds. The van der Waals surface area contributed by atoms with Gasteiger partial charge >= 0.3 is 0 Å². The number of hydrogen-bond donors (Lipinski definition) is 2. The van der Waals surface area contributed by atoms with Gasteiger partial charge in [-0.1, -0.05) is 17.7 Å². The fourth-order valence-corrected chi connectivity index (χ4v) is 4.97. The Morgan fingerprint density at radius 3 is 2.87 bits per heavy atom. The summed E-state index contributed by atoms with van der Waals surface area (Å²) in [4.78, 5) is 15.4. The molecular weight excluding hydrogens is 398 g/mol. The second kappa shape index (κ2) is 7.25. The van der Waals surface area contributed by atoms with Crippen LogP contribution in [-0.4, -0.2) is 43.9 Å². The Hall–Kier alpha value is -2.64. The number of fused-ring (bicyclic) bond motifs is 2. The van der Waals surface area contributed by atoms with Gasteiger partial charge in [-0.05, 0) is 38.7 Å². The van der Waals surface area contributed by atoms with Crippen LogP contribution in [0.4, 0.5) is 5.82 Å². The van der Waals surface area contributed by atoms with Crippen LogP contribution in [0.15, 0.2) is 24.5 Å². The molecule has 5 rings (SSSR count). The second-order valence-corrected chi connectivity index (χ2v) is 8.76. The molecule has 7 nitrogen and oxygen atoms in total. The van der Waals surface area contributed by atoms with Gasteiger partial charge in [0.1, 0.15) is 5.52 Å². The molecule has 0 spiro atoms. The van der Waals surface area contributed by atoms with Crippen LogP contribution >= 0.6 is 11.6 Å². The van der Waals surface area contributed by atoms with Crippen molar-refractivity contribution in [3.05, 3.63) is 35.2 Å². The van der Waals surface area contributed by atoms with Crippen LogP contribution in [0.2, 0.25) is 5.02 Å². The van der Waals surface area contributed by atoms with E-state index in [2.05, 4.69) is 22.0 Å². The summed E-state index contributed by atoms with van der Waals surface area (Å²) in [6.45, 7) is 2.02. The average Bonchev–Trinajstić information content (AvgIpc) is 3.30. The van der Waals surface area contributed by atoms with E-state index < -0.39 is 0 Å². The van der Waals surface area contributed by atoms with Gasteiger partial charge in [0, 0.05) is 55.1 Å². The van der Waals surface area contributed by atoms with E-state index in [4.69, 9.17) is 27.3 Å². The molecule has 1 aromatic carbocycles.